The van der Waals surface area contributed by atoms with E-state index in [-0.39, 0.29) is 16.2 Å². The quantitative estimate of drug-likeness (QED) is 0.635. The van der Waals surface area contributed by atoms with Crippen LogP contribution in [0.25, 0.3) is 10.2 Å². The van der Waals surface area contributed by atoms with Gasteiger partial charge >= 0.3 is 5.97 Å². The summed E-state index contributed by atoms with van der Waals surface area (Å²) < 4.78 is 35.9. The van der Waals surface area contributed by atoms with Gasteiger partial charge in [0.15, 0.2) is 0 Å². The molecule has 0 radical (unpaired) electrons. The molecule has 0 saturated carbocycles. The monoisotopic (exact) mass is 396 g/mol. The number of rotatable bonds is 4. The Morgan fingerprint density at radius 2 is 1.96 bits per heavy atom. The summed E-state index contributed by atoms with van der Waals surface area (Å²) in [6.45, 7) is -0.152. The number of ether oxygens (including phenoxy) is 1. The zero-order valence-electron chi connectivity index (χ0n) is 13.0. The van der Waals surface area contributed by atoms with Gasteiger partial charge in [0, 0.05) is 5.02 Å². The molecule has 25 heavy (non-hydrogen) atoms. The molecule has 0 atom stereocenters. The Hall–Kier alpha value is -2.16. The third-order valence-corrected chi connectivity index (χ3v) is 6.07. The zero-order valence-corrected chi connectivity index (χ0v) is 15.4. The minimum Gasteiger partial charge on any atom is -0.468 e. The Morgan fingerprint density at radius 3 is 2.64 bits per heavy atom. The molecule has 0 bridgehead atoms. The zero-order chi connectivity index (χ0) is 18.0. The van der Waals surface area contributed by atoms with Crippen LogP contribution >= 0.6 is 22.9 Å². The highest BCUT2D eigenvalue weighted by atomic mass is 35.5. The minimum atomic E-state index is -3.91. The van der Waals surface area contributed by atoms with Gasteiger partial charge in [0.2, 0.25) is 4.80 Å². The van der Waals surface area contributed by atoms with Crippen molar-refractivity contribution in [3.05, 3.63) is 58.4 Å². The second-order valence-corrected chi connectivity index (χ2v) is 8.09. The molecule has 9 heteroatoms. The van der Waals surface area contributed by atoms with Crippen molar-refractivity contribution >= 4 is 49.1 Å². The van der Waals surface area contributed by atoms with Gasteiger partial charge in [-0.2, -0.15) is 8.42 Å². The molecule has 2 aromatic carbocycles. The average Bonchev–Trinajstić information content (AvgIpc) is 2.91. The first kappa shape index (κ1) is 17.7. The van der Waals surface area contributed by atoms with Crippen molar-refractivity contribution < 1.29 is 17.9 Å². The lowest BCUT2D eigenvalue weighted by Gasteiger charge is -2.04. The second-order valence-electron chi connectivity index (χ2n) is 5.04. The van der Waals surface area contributed by atoms with Crippen molar-refractivity contribution in [3.8, 4) is 0 Å². The van der Waals surface area contributed by atoms with Gasteiger partial charge < -0.3 is 9.30 Å². The first-order valence-corrected chi connectivity index (χ1v) is 9.76. The molecule has 0 fully saturated rings. The highest BCUT2D eigenvalue weighted by molar-refractivity contribution is 7.90. The van der Waals surface area contributed by atoms with E-state index in [0.29, 0.717) is 10.5 Å². The van der Waals surface area contributed by atoms with E-state index in [0.717, 1.165) is 16.0 Å². The number of thiazole rings is 1. The predicted octanol–water partition coefficient (Wildman–Crippen LogP) is 2.82. The molecule has 0 spiro atoms. The van der Waals surface area contributed by atoms with Crippen molar-refractivity contribution in [2.45, 2.75) is 11.4 Å². The predicted molar refractivity (Wildman–Crippen MR) is 96.0 cm³/mol. The van der Waals surface area contributed by atoms with Gasteiger partial charge in [-0.15, -0.1) is 4.40 Å². The van der Waals surface area contributed by atoms with Gasteiger partial charge in [-0.3, -0.25) is 4.79 Å². The summed E-state index contributed by atoms with van der Waals surface area (Å²) in [6, 6.07) is 13.0. The molecule has 0 aliphatic rings. The molecule has 0 amide bonds. The maximum Gasteiger partial charge on any atom is 0.325 e. The number of benzene rings is 2. The average molecular weight is 397 g/mol. The number of hydrogen-bond donors (Lipinski definition) is 0. The van der Waals surface area contributed by atoms with Crippen molar-refractivity contribution in [1.82, 2.24) is 4.57 Å². The summed E-state index contributed by atoms with van der Waals surface area (Å²) in [5, 5.41) is 0.511. The standard InChI is InChI=1S/C16H13ClN2O4S2/c1-23-15(20)10-19-13-8-7-11(17)9-14(13)24-16(19)18-25(21,22)12-5-3-2-4-6-12/h2-9H,10H2,1H3/b18-16-. The molecule has 3 aromatic rings. The molecule has 0 saturated heterocycles. The van der Waals surface area contributed by atoms with Crippen molar-refractivity contribution in [2.75, 3.05) is 7.11 Å². The van der Waals surface area contributed by atoms with Crippen LogP contribution in [0.3, 0.4) is 0 Å². The van der Waals surface area contributed by atoms with Gasteiger partial charge in [-0.05, 0) is 30.3 Å². The van der Waals surface area contributed by atoms with Crippen LogP contribution < -0.4 is 4.80 Å². The van der Waals surface area contributed by atoms with Crippen LogP contribution in [0, 0.1) is 0 Å². The number of esters is 1. The number of carbonyl (C=O) groups is 1. The molecule has 0 N–H and O–H groups in total. The molecule has 1 aromatic heterocycles. The number of halogens is 1. The Labute approximate surface area is 153 Å². The highest BCUT2D eigenvalue weighted by Gasteiger charge is 2.16. The van der Waals surface area contributed by atoms with Crippen molar-refractivity contribution in [3.63, 3.8) is 0 Å². The van der Waals surface area contributed by atoms with Gasteiger partial charge in [0.25, 0.3) is 10.0 Å². The topological polar surface area (TPSA) is 77.7 Å². The van der Waals surface area contributed by atoms with Crippen LogP contribution in [0.4, 0.5) is 0 Å². The number of nitrogens with zero attached hydrogens (tertiary/aromatic N) is 2. The van der Waals surface area contributed by atoms with E-state index in [2.05, 4.69) is 4.40 Å². The maximum atomic E-state index is 12.5. The van der Waals surface area contributed by atoms with Gasteiger partial charge in [0.1, 0.15) is 6.54 Å². The van der Waals surface area contributed by atoms with Crippen LogP contribution in [0.15, 0.2) is 57.8 Å². The molecule has 1 heterocycles. The number of carbonyl (C=O) groups excluding carboxylic acids is 1. The van der Waals surface area contributed by atoms with Crippen LogP contribution in [-0.2, 0) is 26.1 Å². The van der Waals surface area contributed by atoms with E-state index >= 15 is 0 Å². The van der Waals surface area contributed by atoms with E-state index in [1.165, 1.54) is 23.8 Å². The minimum absolute atomic E-state index is 0.0788. The summed E-state index contributed by atoms with van der Waals surface area (Å²) in [5.41, 5.74) is 0.654. The molecule has 3 rings (SSSR count). The van der Waals surface area contributed by atoms with Crippen molar-refractivity contribution in [1.29, 1.82) is 0 Å². The fourth-order valence-corrected chi connectivity index (χ4v) is 4.74. The Balaban J connectivity index is 2.24. The number of fused-ring (bicyclic) bond motifs is 1. The summed E-state index contributed by atoms with van der Waals surface area (Å²) in [7, 11) is -2.64. The van der Waals surface area contributed by atoms with Crippen molar-refractivity contribution in [2.24, 2.45) is 4.40 Å². The fourth-order valence-electron chi connectivity index (χ4n) is 2.21. The maximum absolute atomic E-state index is 12.5. The first-order chi connectivity index (χ1) is 11.9. The number of aromatic nitrogens is 1. The van der Waals surface area contributed by atoms with E-state index in [1.807, 2.05) is 0 Å². The number of hydrogen-bond acceptors (Lipinski definition) is 5. The summed E-state index contributed by atoms with van der Waals surface area (Å²) in [5.74, 6) is -0.506. The summed E-state index contributed by atoms with van der Waals surface area (Å²) >= 11 is 7.14. The van der Waals surface area contributed by atoms with Crippen LogP contribution in [0.2, 0.25) is 5.02 Å². The lowest BCUT2D eigenvalue weighted by molar-refractivity contribution is -0.141. The third kappa shape index (κ3) is 3.76. The van der Waals surface area contributed by atoms with E-state index in [1.54, 1.807) is 36.4 Å². The largest absolute Gasteiger partial charge is 0.468 e. The lowest BCUT2D eigenvalue weighted by atomic mass is 10.3. The first-order valence-electron chi connectivity index (χ1n) is 7.12. The number of methoxy groups -OCH3 is 1. The normalized spacial score (nSPS) is 12.5. The molecule has 6 nitrogen and oxygen atoms in total. The molecule has 130 valence electrons. The van der Waals surface area contributed by atoms with Gasteiger partial charge in [0.05, 0.1) is 22.2 Å². The molecule has 0 unspecified atom stereocenters. The summed E-state index contributed by atoms with van der Waals surface area (Å²) in [6.07, 6.45) is 0. The summed E-state index contributed by atoms with van der Waals surface area (Å²) in [4.78, 5) is 12.0. The van der Waals surface area contributed by atoms with Crippen LogP contribution in [-0.4, -0.2) is 26.1 Å². The Morgan fingerprint density at radius 1 is 1.24 bits per heavy atom. The van der Waals surface area contributed by atoms with Crippen LogP contribution in [0.1, 0.15) is 0 Å². The molecule has 0 aliphatic heterocycles. The second kappa shape index (κ2) is 6.99. The van der Waals surface area contributed by atoms with Gasteiger partial charge in [-0.1, -0.05) is 41.1 Å². The van der Waals surface area contributed by atoms with E-state index < -0.39 is 16.0 Å². The van der Waals surface area contributed by atoms with E-state index in [9.17, 15) is 13.2 Å². The molecular formula is C16H13ClN2O4S2. The smallest absolute Gasteiger partial charge is 0.325 e. The number of sulfonamides is 1. The highest BCUT2D eigenvalue weighted by Crippen LogP contribution is 2.22. The Kier molecular flexibility index (Phi) is 4.94. The molecular weight excluding hydrogens is 384 g/mol. The molecule has 0 aliphatic carbocycles. The van der Waals surface area contributed by atoms with Crippen LogP contribution in [0.5, 0.6) is 0 Å². The Bertz CT molecular complexity index is 1100. The SMILES string of the molecule is COC(=O)Cn1/c(=N/S(=O)(=O)c2ccccc2)sc2cc(Cl)ccc21. The third-order valence-electron chi connectivity index (χ3n) is 3.40. The van der Waals surface area contributed by atoms with Gasteiger partial charge in [-0.25, -0.2) is 0 Å². The fraction of sp³-hybridized carbons (Fsp3) is 0.125. The lowest BCUT2D eigenvalue weighted by Crippen LogP contribution is -2.22. The van der Waals surface area contributed by atoms with E-state index in [4.69, 9.17) is 16.3 Å².